The Labute approximate surface area is 332 Å². The molecule has 0 aliphatic heterocycles. The molecule has 0 aliphatic rings. The van der Waals surface area contributed by atoms with Crippen LogP contribution in [0.2, 0.25) is 0 Å². The van der Waals surface area contributed by atoms with Crippen molar-refractivity contribution in [3.63, 3.8) is 0 Å². The number of esters is 1. The number of hydrogen-bond donors (Lipinski definition) is 3. The highest BCUT2D eigenvalue weighted by Gasteiger charge is 2.23. The van der Waals surface area contributed by atoms with Crippen LogP contribution in [0.1, 0.15) is 181 Å². The molecule has 0 rings (SSSR count). The van der Waals surface area contributed by atoms with E-state index in [1.807, 2.05) is 60.8 Å². The van der Waals surface area contributed by atoms with Crippen molar-refractivity contribution < 1.29 is 24.5 Å². The standard InChI is InChI=1S/C48H81NO5/c1-4-7-10-13-16-19-21-22-23-24-26-28-30-33-36-39-44(54-48(53)41-38-35-32-29-25-20-17-14-11-8-5-2)42-47(52)49-45(43-50)46(51)40-37-34-31-27-18-15-12-9-6-3/h7,10,13-14,16-17,19,21-24,26,28,30,44-46,50-51H,4-6,8-9,11-12,15,18,20,25,27,29,31-43H2,1-3H3,(H,49,52)/b10-7-,16-13+,17-14-,21-19+,23-22-,26-24+,30-28+. The fourth-order valence-corrected chi connectivity index (χ4v) is 6.03. The number of aliphatic hydroxyl groups is 2. The largest absolute Gasteiger partial charge is 0.462 e. The van der Waals surface area contributed by atoms with Gasteiger partial charge in [0.2, 0.25) is 5.91 Å². The van der Waals surface area contributed by atoms with Crippen LogP contribution >= 0.6 is 0 Å². The molecule has 6 heteroatoms. The Balaban J connectivity index is 4.83. The van der Waals surface area contributed by atoms with E-state index in [0.29, 0.717) is 19.3 Å². The maximum absolute atomic E-state index is 13.1. The van der Waals surface area contributed by atoms with Gasteiger partial charge in [-0.15, -0.1) is 0 Å². The third kappa shape index (κ3) is 36.0. The summed E-state index contributed by atoms with van der Waals surface area (Å²) >= 11 is 0. The highest BCUT2D eigenvalue weighted by molar-refractivity contribution is 5.77. The lowest BCUT2D eigenvalue weighted by atomic mass is 10.0. The molecule has 0 radical (unpaired) electrons. The van der Waals surface area contributed by atoms with Gasteiger partial charge in [0.25, 0.3) is 0 Å². The summed E-state index contributed by atoms with van der Waals surface area (Å²) in [4.78, 5) is 25.9. The molecule has 0 aromatic rings. The summed E-state index contributed by atoms with van der Waals surface area (Å²) in [7, 11) is 0. The van der Waals surface area contributed by atoms with Crippen molar-refractivity contribution in [2.45, 2.75) is 200 Å². The van der Waals surface area contributed by atoms with Gasteiger partial charge < -0.3 is 20.3 Å². The Morgan fingerprint density at radius 2 is 1.06 bits per heavy atom. The first-order valence-electron chi connectivity index (χ1n) is 21.9. The van der Waals surface area contributed by atoms with Crippen LogP contribution in [-0.4, -0.2) is 46.9 Å². The second-order valence-electron chi connectivity index (χ2n) is 14.5. The number of rotatable bonds is 37. The molecule has 0 heterocycles. The monoisotopic (exact) mass is 752 g/mol. The molecule has 0 aromatic carbocycles. The summed E-state index contributed by atoms with van der Waals surface area (Å²) in [6, 6.07) is -0.728. The zero-order chi connectivity index (χ0) is 39.6. The first-order chi connectivity index (χ1) is 26.5. The molecule has 0 aromatic heterocycles. The van der Waals surface area contributed by atoms with Gasteiger partial charge in [0.15, 0.2) is 0 Å². The van der Waals surface area contributed by atoms with Crippen molar-refractivity contribution >= 4 is 11.9 Å². The number of unbranched alkanes of at least 4 members (excludes halogenated alkanes) is 16. The number of carbonyl (C=O) groups is 2. The van der Waals surface area contributed by atoms with Crippen molar-refractivity contribution in [1.29, 1.82) is 0 Å². The van der Waals surface area contributed by atoms with E-state index in [-0.39, 0.29) is 24.9 Å². The van der Waals surface area contributed by atoms with Gasteiger partial charge in [-0.3, -0.25) is 9.59 Å². The molecule has 3 unspecified atom stereocenters. The van der Waals surface area contributed by atoms with Gasteiger partial charge in [-0.1, -0.05) is 196 Å². The second kappa shape index (κ2) is 41.2. The zero-order valence-corrected chi connectivity index (χ0v) is 34.8. The van der Waals surface area contributed by atoms with Crippen LogP contribution in [0, 0.1) is 0 Å². The predicted molar refractivity (Wildman–Crippen MR) is 231 cm³/mol. The first-order valence-corrected chi connectivity index (χ1v) is 21.9. The van der Waals surface area contributed by atoms with E-state index in [1.54, 1.807) is 0 Å². The maximum Gasteiger partial charge on any atom is 0.306 e. The Hall–Kier alpha value is -2.96. The third-order valence-electron chi connectivity index (χ3n) is 9.37. The molecule has 54 heavy (non-hydrogen) atoms. The number of allylic oxidation sites excluding steroid dienone is 14. The predicted octanol–water partition coefficient (Wildman–Crippen LogP) is 12.4. The summed E-state index contributed by atoms with van der Waals surface area (Å²) in [5, 5.41) is 23.5. The number of nitrogens with one attached hydrogen (secondary N) is 1. The number of carbonyl (C=O) groups excluding carboxylic acids is 2. The summed E-state index contributed by atoms with van der Waals surface area (Å²) in [5.41, 5.74) is 0. The van der Waals surface area contributed by atoms with E-state index >= 15 is 0 Å². The van der Waals surface area contributed by atoms with Crippen LogP contribution in [0.15, 0.2) is 85.1 Å². The zero-order valence-electron chi connectivity index (χ0n) is 34.8. The minimum Gasteiger partial charge on any atom is -0.462 e. The smallest absolute Gasteiger partial charge is 0.306 e. The molecule has 0 aliphatic carbocycles. The molecular formula is C48H81NO5. The molecule has 1 amide bonds. The van der Waals surface area contributed by atoms with Crippen LogP contribution in [0.4, 0.5) is 0 Å². The molecule has 0 fully saturated rings. The molecular weight excluding hydrogens is 671 g/mol. The van der Waals surface area contributed by atoms with Gasteiger partial charge in [0.1, 0.15) is 6.10 Å². The van der Waals surface area contributed by atoms with Crippen LogP contribution < -0.4 is 5.32 Å². The summed E-state index contributed by atoms with van der Waals surface area (Å²) < 4.78 is 5.85. The lowest BCUT2D eigenvalue weighted by Crippen LogP contribution is -2.46. The van der Waals surface area contributed by atoms with Crippen LogP contribution in [0.3, 0.4) is 0 Å². The lowest BCUT2D eigenvalue weighted by Gasteiger charge is -2.24. The van der Waals surface area contributed by atoms with E-state index < -0.39 is 18.2 Å². The van der Waals surface area contributed by atoms with E-state index in [0.717, 1.165) is 70.6 Å². The minimum atomic E-state index is -0.810. The molecule has 0 bridgehead atoms. The topological polar surface area (TPSA) is 95.9 Å². The Kier molecular flexibility index (Phi) is 38.9. The molecule has 0 saturated carbocycles. The number of hydrogen-bond acceptors (Lipinski definition) is 5. The third-order valence-corrected chi connectivity index (χ3v) is 9.37. The Bertz CT molecular complexity index is 1070. The van der Waals surface area contributed by atoms with Crippen LogP contribution in [0.5, 0.6) is 0 Å². The Morgan fingerprint density at radius 3 is 1.65 bits per heavy atom. The summed E-state index contributed by atoms with van der Waals surface area (Å²) in [6.45, 7) is 6.22. The highest BCUT2D eigenvalue weighted by Crippen LogP contribution is 2.16. The number of aliphatic hydroxyl groups excluding tert-OH is 2. The summed E-state index contributed by atoms with van der Waals surface area (Å²) in [5.74, 6) is -0.572. The molecule has 308 valence electrons. The van der Waals surface area contributed by atoms with Gasteiger partial charge in [-0.25, -0.2) is 0 Å². The van der Waals surface area contributed by atoms with Crippen molar-refractivity contribution in [2.24, 2.45) is 0 Å². The minimum absolute atomic E-state index is 0.0186. The number of ether oxygens (including phenoxy) is 1. The fraction of sp³-hybridized carbons (Fsp3) is 0.667. The lowest BCUT2D eigenvalue weighted by molar-refractivity contribution is -0.151. The van der Waals surface area contributed by atoms with Gasteiger partial charge in [-0.2, -0.15) is 0 Å². The van der Waals surface area contributed by atoms with Crippen molar-refractivity contribution in [1.82, 2.24) is 5.32 Å². The van der Waals surface area contributed by atoms with Gasteiger partial charge in [0, 0.05) is 6.42 Å². The van der Waals surface area contributed by atoms with E-state index in [9.17, 15) is 19.8 Å². The van der Waals surface area contributed by atoms with E-state index in [2.05, 4.69) is 50.4 Å². The maximum atomic E-state index is 13.1. The van der Waals surface area contributed by atoms with Crippen molar-refractivity contribution in [3.05, 3.63) is 85.1 Å². The van der Waals surface area contributed by atoms with Gasteiger partial charge >= 0.3 is 5.97 Å². The second-order valence-corrected chi connectivity index (χ2v) is 14.5. The molecule has 0 saturated heterocycles. The molecule has 6 nitrogen and oxygen atoms in total. The fourth-order valence-electron chi connectivity index (χ4n) is 6.03. The van der Waals surface area contributed by atoms with Crippen molar-refractivity contribution in [3.8, 4) is 0 Å². The van der Waals surface area contributed by atoms with Crippen molar-refractivity contribution in [2.75, 3.05) is 6.61 Å². The van der Waals surface area contributed by atoms with E-state index in [1.165, 1.54) is 64.2 Å². The summed E-state index contributed by atoms with van der Waals surface area (Å²) in [6.07, 6.45) is 52.2. The van der Waals surface area contributed by atoms with E-state index in [4.69, 9.17) is 4.74 Å². The van der Waals surface area contributed by atoms with Crippen LogP contribution in [0.25, 0.3) is 0 Å². The van der Waals surface area contributed by atoms with Crippen LogP contribution in [-0.2, 0) is 14.3 Å². The molecule has 3 atom stereocenters. The SMILES string of the molecule is CC\C=C/C=C/C=C/C=C\C=C\C=C\CCCC(CC(=O)NC(CO)C(O)CCCCCCCCCCC)OC(=O)CCCCCCC/C=C\CCCC. The number of amides is 1. The molecule has 3 N–H and O–H groups in total. The van der Waals surface area contributed by atoms with Gasteiger partial charge in [0.05, 0.1) is 25.2 Å². The Morgan fingerprint density at radius 1 is 0.556 bits per heavy atom. The molecule has 0 spiro atoms. The average molecular weight is 752 g/mol. The highest BCUT2D eigenvalue weighted by atomic mass is 16.5. The quantitative estimate of drug-likeness (QED) is 0.0254. The first kappa shape index (κ1) is 51.0. The normalized spacial score (nSPS) is 14.2. The average Bonchev–Trinajstić information content (AvgIpc) is 3.16. The van der Waals surface area contributed by atoms with Gasteiger partial charge in [-0.05, 0) is 57.8 Å².